The summed E-state index contributed by atoms with van der Waals surface area (Å²) >= 11 is 0. The van der Waals surface area contributed by atoms with Gasteiger partial charge in [0.1, 0.15) is 17.0 Å². The van der Waals surface area contributed by atoms with Crippen LogP contribution in [0.25, 0.3) is 16.7 Å². The zero-order valence-electron chi connectivity index (χ0n) is 14.3. The van der Waals surface area contributed by atoms with Crippen molar-refractivity contribution in [2.75, 3.05) is 5.32 Å². The fourth-order valence-electron chi connectivity index (χ4n) is 2.79. The van der Waals surface area contributed by atoms with Gasteiger partial charge in [-0.1, -0.05) is 0 Å². The topological polar surface area (TPSA) is 92.7 Å². The van der Waals surface area contributed by atoms with Crippen molar-refractivity contribution >= 4 is 22.6 Å². The van der Waals surface area contributed by atoms with Crippen LogP contribution >= 0.6 is 0 Å². The van der Waals surface area contributed by atoms with E-state index in [9.17, 15) is 18.4 Å². The van der Waals surface area contributed by atoms with Gasteiger partial charge in [-0.2, -0.15) is 5.10 Å². The normalized spacial score (nSPS) is 10.9. The highest BCUT2D eigenvalue weighted by molar-refractivity contribution is 5.92. The molecule has 4 rings (SSSR count). The summed E-state index contributed by atoms with van der Waals surface area (Å²) in [6.07, 6.45) is 2.43. The summed E-state index contributed by atoms with van der Waals surface area (Å²) in [5.74, 6) is -1.72. The standard InChI is InChI=1S/C19H13F2N5O2/c20-12-1-6-16(21)11(7-12)8-17(27)25-13-2-4-14(5-3-13)26-18-15(9-24-26)19(28)23-10-22-18/h1-7,9-10H,8H2,(H,25,27)(H,22,23,28). The molecule has 2 heterocycles. The van der Waals surface area contributed by atoms with Crippen LogP contribution < -0.4 is 10.9 Å². The lowest BCUT2D eigenvalue weighted by atomic mass is 10.1. The maximum atomic E-state index is 13.6. The molecule has 0 unspecified atom stereocenters. The number of hydrogen-bond acceptors (Lipinski definition) is 4. The van der Waals surface area contributed by atoms with Crippen molar-refractivity contribution in [3.8, 4) is 5.69 Å². The van der Waals surface area contributed by atoms with Crippen LogP contribution in [0.3, 0.4) is 0 Å². The Bertz CT molecular complexity index is 1230. The van der Waals surface area contributed by atoms with Crippen molar-refractivity contribution in [1.29, 1.82) is 0 Å². The van der Waals surface area contributed by atoms with Crippen LogP contribution in [0.2, 0.25) is 0 Å². The molecule has 0 radical (unpaired) electrons. The SMILES string of the molecule is O=C(Cc1cc(F)ccc1F)Nc1ccc(-n2ncc3c(=O)[nH]cnc32)cc1. The zero-order valence-corrected chi connectivity index (χ0v) is 14.3. The van der Waals surface area contributed by atoms with Crippen LogP contribution in [0.4, 0.5) is 14.5 Å². The Morgan fingerprint density at radius 3 is 2.71 bits per heavy atom. The van der Waals surface area contributed by atoms with Gasteiger partial charge >= 0.3 is 0 Å². The maximum Gasteiger partial charge on any atom is 0.261 e. The highest BCUT2D eigenvalue weighted by atomic mass is 19.1. The molecule has 0 aliphatic rings. The van der Waals surface area contributed by atoms with E-state index >= 15 is 0 Å². The number of amides is 1. The van der Waals surface area contributed by atoms with Crippen LogP contribution in [0.1, 0.15) is 5.56 Å². The summed E-state index contributed by atoms with van der Waals surface area (Å²) in [4.78, 5) is 30.5. The van der Waals surface area contributed by atoms with Gasteiger partial charge in [-0.25, -0.2) is 18.4 Å². The number of hydrogen-bond donors (Lipinski definition) is 2. The first-order valence-electron chi connectivity index (χ1n) is 8.27. The predicted octanol–water partition coefficient (Wildman–Crippen LogP) is 2.57. The Hall–Kier alpha value is -3.88. The number of H-pyrrole nitrogens is 1. The lowest BCUT2D eigenvalue weighted by molar-refractivity contribution is -0.115. The average Bonchev–Trinajstić information content (AvgIpc) is 3.11. The first-order chi connectivity index (χ1) is 13.5. The van der Waals surface area contributed by atoms with E-state index in [0.29, 0.717) is 22.4 Å². The molecule has 2 N–H and O–H groups in total. The molecule has 4 aromatic rings. The quantitative estimate of drug-likeness (QED) is 0.568. The first kappa shape index (κ1) is 17.5. The third-order valence-electron chi connectivity index (χ3n) is 4.13. The summed E-state index contributed by atoms with van der Waals surface area (Å²) in [6.45, 7) is 0. The summed E-state index contributed by atoms with van der Waals surface area (Å²) in [6, 6.07) is 9.63. The van der Waals surface area contributed by atoms with E-state index in [1.165, 1.54) is 17.2 Å². The molecular weight excluding hydrogens is 368 g/mol. The number of anilines is 1. The van der Waals surface area contributed by atoms with Gasteiger partial charge in [-0.05, 0) is 42.5 Å². The molecule has 7 nitrogen and oxygen atoms in total. The molecule has 0 aliphatic heterocycles. The van der Waals surface area contributed by atoms with Crippen molar-refractivity contribution in [2.45, 2.75) is 6.42 Å². The van der Waals surface area contributed by atoms with Crippen LogP contribution in [0.15, 0.2) is 59.8 Å². The molecule has 0 saturated heterocycles. The molecule has 1 amide bonds. The lowest BCUT2D eigenvalue weighted by Gasteiger charge is -2.08. The smallest absolute Gasteiger partial charge is 0.261 e. The number of aromatic nitrogens is 4. The van der Waals surface area contributed by atoms with Crippen LogP contribution in [0.5, 0.6) is 0 Å². The number of nitrogens with one attached hydrogen (secondary N) is 2. The number of rotatable bonds is 4. The molecule has 0 atom stereocenters. The second kappa shape index (κ2) is 7.03. The number of fused-ring (bicyclic) bond motifs is 1. The van der Waals surface area contributed by atoms with Crippen molar-refractivity contribution in [2.24, 2.45) is 0 Å². The van der Waals surface area contributed by atoms with E-state index in [0.717, 1.165) is 18.2 Å². The summed E-state index contributed by atoms with van der Waals surface area (Å²) in [5, 5.41) is 7.15. The number of halogens is 2. The molecule has 28 heavy (non-hydrogen) atoms. The molecule has 9 heteroatoms. The van der Waals surface area contributed by atoms with Gasteiger partial charge in [0.2, 0.25) is 5.91 Å². The molecule has 0 bridgehead atoms. The van der Waals surface area contributed by atoms with Gasteiger partial charge in [0.05, 0.1) is 24.6 Å². The van der Waals surface area contributed by atoms with Gasteiger partial charge in [-0.15, -0.1) is 0 Å². The molecule has 0 saturated carbocycles. The fourth-order valence-corrected chi connectivity index (χ4v) is 2.79. The summed E-state index contributed by atoms with van der Waals surface area (Å²) < 4.78 is 28.4. The third kappa shape index (κ3) is 3.37. The van der Waals surface area contributed by atoms with E-state index in [-0.39, 0.29) is 17.5 Å². The molecule has 2 aromatic carbocycles. The number of carbonyl (C=O) groups excluding carboxylic acids is 1. The second-order valence-electron chi connectivity index (χ2n) is 6.03. The van der Waals surface area contributed by atoms with Gasteiger partial charge < -0.3 is 10.3 Å². The maximum absolute atomic E-state index is 13.6. The molecular formula is C19H13F2N5O2. The van der Waals surface area contributed by atoms with Crippen LogP contribution in [-0.4, -0.2) is 25.7 Å². The second-order valence-corrected chi connectivity index (χ2v) is 6.03. The minimum absolute atomic E-state index is 0.0200. The van der Waals surface area contributed by atoms with Crippen molar-refractivity contribution in [1.82, 2.24) is 19.7 Å². The summed E-state index contributed by atoms with van der Waals surface area (Å²) in [7, 11) is 0. The Morgan fingerprint density at radius 2 is 1.93 bits per heavy atom. The first-order valence-corrected chi connectivity index (χ1v) is 8.27. The number of carbonyl (C=O) groups is 1. The monoisotopic (exact) mass is 381 g/mol. The van der Waals surface area contributed by atoms with Gasteiger partial charge in [-0.3, -0.25) is 9.59 Å². The largest absolute Gasteiger partial charge is 0.326 e. The van der Waals surface area contributed by atoms with Crippen LogP contribution in [0, 0.1) is 11.6 Å². The lowest BCUT2D eigenvalue weighted by Crippen LogP contribution is -2.15. The predicted molar refractivity (Wildman–Crippen MR) is 98.2 cm³/mol. The molecule has 0 fully saturated rings. The van der Waals surface area contributed by atoms with Crippen LogP contribution in [-0.2, 0) is 11.2 Å². The van der Waals surface area contributed by atoms with Gasteiger partial charge in [0, 0.05) is 11.3 Å². The van der Waals surface area contributed by atoms with Gasteiger partial charge in [0.15, 0.2) is 5.65 Å². The van der Waals surface area contributed by atoms with E-state index < -0.39 is 17.5 Å². The molecule has 0 aliphatic carbocycles. The Labute approximate surface area is 156 Å². The van der Waals surface area contributed by atoms with Crippen molar-refractivity contribution in [3.63, 3.8) is 0 Å². The zero-order chi connectivity index (χ0) is 19.7. The van der Waals surface area contributed by atoms with E-state index in [1.807, 2.05) is 0 Å². The van der Waals surface area contributed by atoms with Crippen molar-refractivity contribution in [3.05, 3.63) is 82.5 Å². The number of aromatic amines is 1. The molecule has 0 spiro atoms. The van der Waals surface area contributed by atoms with Gasteiger partial charge in [0.25, 0.3) is 5.56 Å². The van der Waals surface area contributed by atoms with E-state index in [2.05, 4.69) is 20.4 Å². The third-order valence-corrected chi connectivity index (χ3v) is 4.13. The highest BCUT2D eigenvalue weighted by Gasteiger charge is 2.11. The number of benzene rings is 2. The average molecular weight is 381 g/mol. The Balaban J connectivity index is 1.51. The number of nitrogens with zero attached hydrogens (tertiary/aromatic N) is 3. The molecule has 140 valence electrons. The van der Waals surface area contributed by atoms with E-state index in [4.69, 9.17) is 0 Å². The highest BCUT2D eigenvalue weighted by Crippen LogP contribution is 2.17. The van der Waals surface area contributed by atoms with E-state index in [1.54, 1.807) is 24.3 Å². The molecule has 2 aromatic heterocycles. The fraction of sp³-hybridized carbons (Fsp3) is 0.0526. The van der Waals surface area contributed by atoms with Crippen molar-refractivity contribution < 1.29 is 13.6 Å². The summed E-state index contributed by atoms with van der Waals surface area (Å²) in [5.41, 5.74) is 1.22. The minimum atomic E-state index is -0.639. The Kier molecular flexibility index (Phi) is 4.40. The Morgan fingerprint density at radius 1 is 1.14 bits per heavy atom. The minimum Gasteiger partial charge on any atom is -0.326 e.